The van der Waals surface area contributed by atoms with Crippen LogP contribution in [-0.4, -0.2) is 35.0 Å². The van der Waals surface area contributed by atoms with Gasteiger partial charge in [0.1, 0.15) is 6.04 Å². The summed E-state index contributed by atoms with van der Waals surface area (Å²) in [6, 6.07) is 6.40. The van der Waals surface area contributed by atoms with Gasteiger partial charge in [-0.1, -0.05) is 31.5 Å². The zero-order valence-corrected chi connectivity index (χ0v) is 14.9. The summed E-state index contributed by atoms with van der Waals surface area (Å²) >= 11 is 0. The lowest BCUT2D eigenvalue weighted by molar-refractivity contribution is -0.141. The van der Waals surface area contributed by atoms with E-state index >= 15 is 0 Å². The SMILES string of the molecule is Cc1cccc(C(=O)NC(C(=O)N[C@@H]2CC[C@H](C(=O)O)C2)C(C)C)c1. The Balaban J connectivity index is 1.99. The lowest BCUT2D eigenvalue weighted by Crippen LogP contribution is -2.51. The van der Waals surface area contributed by atoms with Gasteiger partial charge >= 0.3 is 5.97 Å². The Bertz CT molecular complexity index is 657. The molecular formula is C19H26N2O4. The van der Waals surface area contributed by atoms with Crippen molar-refractivity contribution in [3.63, 3.8) is 0 Å². The largest absolute Gasteiger partial charge is 0.481 e. The van der Waals surface area contributed by atoms with Gasteiger partial charge in [-0.3, -0.25) is 14.4 Å². The van der Waals surface area contributed by atoms with Crippen molar-refractivity contribution in [2.24, 2.45) is 11.8 Å². The summed E-state index contributed by atoms with van der Waals surface area (Å²) in [5.74, 6) is -1.83. The Morgan fingerprint density at radius 1 is 1.20 bits per heavy atom. The van der Waals surface area contributed by atoms with Crippen molar-refractivity contribution in [2.45, 2.75) is 52.1 Å². The lowest BCUT2D eigenvalue weighted by atomic mass is 10.0. The van der Waals surface area contributed by atoms with Crippen LogP contribution in [-0.2, 0) is 9.59 Å². The summed E-state index contributed by atoms with van der Waals surface area (Å²) in [6.07, 6.45) is 1.67. The van der Waals surface area contributed by atoms with Crippen LogP contribution >= 0.6 is 0 Å². The zero-order valence-electron chi connectivity index (χ0n) is 14.9. The molecule has 2 rings (SSSR count). The molecule has 3 atom stereocenters. The van der Waals surface area contributed by atoms with Gasteiger partial charge in [0, 0.05) is 11.6 Å². The standard InChI is InChI=1S/C19H26N2O4/c1-11(2)16(21-17(22)13-6-4-5-12(3)9-13)18(23)20-15-8-7-14(10-15)19(24)25/h4-6,9,11,14-16H,7-8,10H2,1-3H3,(H,20,23)(H,21,22)(H,24,25)/t14-,15+,16?/m0/s1. The third-order valence-corrected chi connectivity index (χ3v) is 4.64. The molecule has 1 aromatic rings. The smallest absolute Gasteiger partial charge is 0.306 e. The molecule has 1 aromatic carbocycles. The molecule has 1 unspecified atom stereocenters. The molecule has 0 radical (unpaired) electrons. The molecule has 6 heteroatoms. The maximum atomic E-state index is 12.6. The van der Waals surface area contributed by atoms with Crippen LogP contribution in [0.15, 0.2) is 24.3 Å². The van der Waals surface area contributed by atoms with Crippen molar-refractivity contribution < 1.29 is 19.5 Å². The van der Waals surface area contributed by atoms with Crippen molar-refractivity contribution >= 4 is 17.8 Å². The number of carbonyl (C=O) groups excluding carboxylic acids is 2. The van der Waals surface area contributed by atoms with Crippen LogP contribution in [0.1, 0.15) is 49.0 Å². The first kappa shape index (κ1) is 19.0. The Morgan fingerprint density at radius 3 is 2.48 bits per heavy atom. The van der Waals surface area contributed by atoms with E-state index in [9.17, 15) is 14.4 Å². The van der Waals surface area contributed by atoms with Crippen LogP contribution < -0.4 is 10.6 Å². The van der Waals surface area contributed by atoms with Gasteiger partial charge in [-0.25, -0.2) is 0 Å². The Morgan fingerprint density at radius 2 is 1.92 bits per heavy atom. The first-order valence-electron chi connectivity index (χ1n) is 8.68. The van der Waals surface area contributed by atoms with E-state index in [1.54, 1.807) is 18.2 Å². The predicted molar refractivity (Wildman–Crippen MR) is 94.2 cm³/mol. The zero-order chi connectivity index (χ0) is 18.6. The molecule has 136 valence electrons. The normalized spacial score (nSPS) is 21.0. The van der Waals surface area contributed by atoms with Crippen molar-refractivity contribution in [3.8, 4) is 0 Å². The molecule has 6 nitrogen and oxygen atoms in total. The summed E-state index contributed by atoms with van der Waals surface area (Å²) in [4.78, 5) is 36.0. The van der Waals surface area contributed by atoms with Gasteiger partial charge in [0.2, 0.25) is 5.91 Å². The van der Waals surface area contributed by atoms with Crippen molar-refractivity contribution in [1.82, 2.24) is 10.6 Å². The number of benzene rings is 1. The topological polar surface area (TPSA) is 95.5 Å². The van der Waals surface area contributed by atoms with E-state index < -0.39 is 17.9 Å². The minimum absolute atomic E-state index is 0.0783. The molecule has 1 aliphatic carbocycles. The average molecular weight is 346 g/mol. The molecule has 25 heavy (non-hydrogen) atoms. The van der Waals surface area contributed by atoms with Gasteiger partial charge in [0.05, 0.1) is 5.92 Å². The summed E-state index contributed by atoms with van der Waals surface area (Å²) in [5, 5.41) is 14.8. The van der Waals surface area contributed by atoms with E-state index in [0.29, 0.717) is 24.8 Å². The number of aryl methyl sites for hydroxylation is 1. The first-order valence-corrected chi connectivity index (χ1v) is 8.68. The van der Waals surface area contributed by atoms with Crippen LogP contribution in [0.25, 0.3) is 0 Å². The van der Waals surface area contributed by atoms with Gasteiger partial charge < -0.3 is 15.7 Å². The quantitative estimate of drug-likeness (QED) is 0.735. The molecule has 0 heterocycles. The van der Waals surface area contributed by atoms with Crippen molar-refractivity contribution in [2.75, 3.05) is 0 Å². The lowest BCUT2D eigenvalue weighted by Gasteiger charge is -2.24. The fourth-order valence-electron chi connectivity index (χ4n) is 3.17. The summed E-state index contributed by atoms with van der Waals surface area (Å²) < 4.78 is 0. The van der Waals surface area contributed by atoms with Gasteiger partial charge in [-0.05, 0) is 44.2 Å². The number of rotatable bonds is 6. The summed E-state index contributed by atoms with van der Waals surface area (Å²) in [7, 11) is 0. The molecule has 0 aliphatic heterocycles. The molecule has 3 N–H and O–H groups in total. The molecule has 0 saturated heterocycles. The van der Waals surface area contributed by atoms with Gasteiger partial charge in [-0.2, -0.15) is 0 Å². The second-order valence-corrected chi connectivity index (χ2v) is 7.12. The molecule has 1 saturated carbocycles. The Labute approximate surface area is 148 Å². The monoisotopic (exact) mass is 346 g/mol. The van der Waals surface area contributed by atoms with E-state index in [2.05, 4.69) is 10.6 Å². The van der Waals surface area contributed by atoms with Crippen LogP contribution in [0.5, 0.6) is 0 Å². The average Bonchev–Trinajstić information content (AvgIpc) is 3.00. The maximum Gasteiger partial charge on any atom is 0.306 e. The molecule has 0 spiro atoms. The van der Waals surface area contributed by atoms with Crippen LogP contribution in [0.4, 0.5) is 0 Å². The van der Waals surface area contributed by atoms with Crippen LogP contribution in [0, 0.1) is 18.8 Å². The van der Waals surface area contributed by atoms with E-state index in [4.69, 9.17) is 5.11 Å². The molecule has 1 aliphatic rings. The summed E-state index contributed by atoms with van der Waals surface area (Å²) in [5.41, 5.74) is 1.49. The predicted octanol–water partition coefficient (Wildman–Crippen LogP) is 2.12. The third-order valence-electron chi connectivity index (χ3n) is 4.64. The van der Waals surface area contributed by atoms with E-state index in [1.165, 1.54) is 0 Å². The highest BCUT2D eigenvalue weighted by atomic mass is 16.4. The Hall–Kier alpha value is -2.37. The highest BCUT2D eigenvalue weighted by molar-refractivity contribution is 5.97. The second-order valence-electron chi connectivity index (χ2n) is 7.12. The van der Waals surface area contributed by atoms with E-state index in [0.717, 1.165) is 5.56 Å². The second kappa shape index (κ2) is 8.14. The number of nitrogens with one attached hydrogen (secondary N) is 2. The molecule has 0 aromatic heterocycles. The molecule has 2 amide bonds. The minimum Gasteiger partial charge on any atom is -0.481 e. The Kier molecular flexibility index (Phi) is 6.17. The molecular weight excluding hydrogens is 320 g/mol. The van der Waals surface area contributed by atoms with Gasteiger partial charge in [0.15, 0.2) is 0 Å². The fraction of sp³-hybridized carbons (Fsp3) is 0.526. The third kappa shape index (κ3) is 5.05. The highest BCUT2D eigenvalue weighted by Gasteiger charge is 2.33. The highest BCUT2D eigenvalue weighted by Crippen LogP contribution is 2.25. The number of carboxylic acid groups (broad SMARTS) is 1. The van der Waals surface area contributed by atoms with E-state index in [1.807, 2.05) is 26.8 Å². The van der Waals surface area contributed by atoms with Crippen molar-refractivity contribution in [1.29, 1.82) is 0 Å². The number of hydrogen-bond donors (Lipinski definition) is 3. The summed E-state index contributed by atoms with van der Waals surface area (Å²) in [6.45, 7) is 5.65. The van der Waals surface area contributed by atoms with Gasteiger partial charge in [-0.15, -0.1) is 0 Å². The van der Waals surface area contributed by atoms with Crippen molar-refractivity contribution in [3.05, 3.63) is 35.4 Å². The molecule has 0 bridgehead atoms. The fourth-order valence-corrected chi connectivity index (χ4v) is 3.17. The number of carbonyl (C=O) groups is 3. The first-order chi connectivity index (χ1) is 11.8. The van der Waals surface area contributed by atoms with Crippen LogP contribution in [0.3, 0.4) is 0 Å². The maximum absolute atomic E-state index is 12.6. The van der Waals surface area contributed by atoms with E-state index in [-0.39, 0.29) is 23.8 Å². The number of carboxylic acids is 1. The molecule has 1 fully saturated rings. The number of hydrogen-bond acceptors (Lipinski definition) is 3. The van der Waals surface area contributed by atoms with Gasteiger partial charge in [0.25, 0.3) is 5.91 Å². The minimum atomic E-state index is -0.815. The number of amides is 2. The van der Waals surface area contributed by atoms with Crippen LogP contribution in [0.2, 0.25) is 0 Å². The number of aliphatic carboxylic acids is 1.